The second-order valence-corrected chi connectivity index (χ2v) is 5.15. The van der Waals surface area contributed by atoms with Crippen molar-refractivity contribution in [2.45, 2.75) is 13.8 Å². The highest BCUT2D eigenvalue weighted by atomic mass is 79.9. The van der Waals surface area contributed by atoms with Crippen molar-refractivity contribution in [1.29, 1.82) is 0 Å². The molecule has 1 aromatic carbocycles. The van der Waals surface area contributed by atoms with Crippen molar-refractivity contribution in [2.75, 3.05) is 7.11 Å². The van der Waals surface area contributed by atoms with Crippen LogP contribution in [-0.2, 0) is 0 Å². The molecule has 7 heteroatoms. The molecular formula is C14H13BrN2O4. The van der Waals surface area contributed by atoms with E-state index in [1.165, 1.54) is 0 Å². The summed E-state index contributed by atoms with van der Waals surface area (Å²) in [5.41, 5.74) is 1.08. The zero-order valence-corrected chi connectivity index (χ0v) is 13.3. The number of aromatic carboxylic acids is 1. The fourth-order valence-electron chi connectivity index (χ4n) is 1.71. The Kier molecular flexibility index (Phi) is 4.42. The zero-order valence-electron chi connectivity index (χ0n) is 11.7. The Morgan fingerprint density at radius 2 is 2.00 bits per heavy atom. The fourth-order valence-corrected chi connectivity index (χ4v) is 2.14. The van der Waals surface area contributed by atoms with Gasteiger partial charge in [-0.2, -0.15) is 5.10 Å². The molecule has 0 bridgehead atoms. The molecule has 0 saturated carbocycles. The number of hydrogen-bond acceptors (Lipinski definition) is 5. The first kappa shape index (κ1) is 15.2. The monoisotopic (exact) mass is 352 g/mol. The predicted molar refractivity (Wildman–Crippen MR) is 79.2 cm³/mol. The number of aryl methyl sites for hydroxylation is 1. The van der Waals surface area contributed by atoms with E-state index in [4.69, 9.17) is 9.47 Å². The van der Waals surface area contributed by atoms with Crippen LogP contribution in [0.4, 0.5) is 0 Å². The minimum atomic E-state index is -1.11. The van der Waals surface area contributed by atoms with Gasteiger partial charge in [-0.05, 0) is 53.5 Å². The van der Waals surface area contributed by atoms with Gasteiger partial charge in [0.05, 0.1) is 17.3 Å². The summed E-state index contributed by atoms with van der Waals surface area (Å²) in [5.74, 6) is -0.0729. The molecule has 0 saturated heterocycles. The molecule has 0 amide bonds. The zero-order chi connectivity index (χ0) is 15.6. The third kappa shape index (κ3) is 3.13. The Morgan fingerprint density at radius 1 is 1.29 bits per heavy atom. The van der Waals surface area contributed by atoms with Crippen LogP contribution in [0.5, 0.6) is 17.4 Å². The van der Waals surface area contributed by atoms with E-state index in [0.717, 1.165) is 0 Å². The summed E-state index contributed by atoms with van der Waals surface area (Å²) in [6.45, 7) is 3.37. The molecule has 2 rings (SSSR count). The van der Waals surface area contributed by atoms with E-state index < -0.39 is 5.97 Å². The van der Waals surface area contributed by atoms with Crippen molar-refractivity contribution < 1.29 is 19.4 Å². The maximum Gasteiger partial charge on any atom is 0.341 e. The average molecular weight is 353 g/mol. The smallest absolute Gasteiger partial charge is 0.341 e. The average Bonchev–Trinajstić information content (AvgIpc) is 2.44. The van der Waals surface area contributed by atoms with Gasteiger partial charge < -0.3 is 14.6 Å². The molecule has 0 atom stereocenters. The molecule has 0 aliphatic rings. The van der Waals surface area contributed by atoms with Crippen LogP contribution in [0.25, 0.3) is 0 Å². The second-order valence-electron chi connectivity index (χ2n) is 4.29. The summed E-state index contributed by atoms with van der Waals surface area (Å²) in [6.07, 6.45) is 0. The van der Waals surface area contributed by atoms with E-state index in [2.05, 4.69) is 26.1 Å². The lowest BCUT2D eigenvalue weighted by Gasteiger charge is -2.12. The Morgan fingerprint density at radius 3 is 2.57 bits per heavy atom. The van der Waals surface area contributed by atoms with Crippen molar-refractivity contribution >= 4 is 21.9 Å². The second kappa shape index (κ2) is 6.09. The molecule has 2 aromatic rings. The van der Waals surface area contributed by atoms with Crippen LogP contribution < -0.4 is 9.47 Å². The van der Waals surface area contributed by atoms with Gasteiger partial charge in [-0.15, -0.1) is 5.10 Å². The number of benzene rings is 1. The number of carboxylic acids is 1. The number of carbonyl (C=O) groups is 1. The lowest BCUT2D eigenvalue weighted by Crippen LogP contribution is -2.08. The van der Waals surface area contributed by atoms with Crippen LogP contribution in [0.1, 0.15) is 21.6 Å². The maximum absolute atomic E-state index is 11.4. The summed E-state index contributed by atoms with van der Waals surface area (Å²) in [4.78, 5) is 11.4. The minimum absolute atomic E-state index is 0.00483. The van der Waals surface area contributed by atoms with Gasteiger partial charge in [0.2, 0.25) is 0 Å². The Labute approximate surface area is 129 Å². The summed E-state index contributed by atoms with van der Waals surface area (Å²) < 4.78 is 11.3. The number of rotatable bonds is 4. The van der Waals surface area contributed by atoms with Crippen LogP contribution >= 0.6 is 15.9 Å². The molecule has 0 radical (unpaired) electrons. The molecule has 21 heavy (non-hydrogen) atoms. The molecule has 0 fully saturated rings. The Hall–Kier alpha value is -2.15. The van der Waals surface area contributed by atoms with Crippen molar-refractivity contribution in [1.82, 2.24) is 10.2 Å². The van der Waals surface area contributed by atoms with Gasteiger partial charge in [-0.25, -0.2) is 4.79 Å². The first-order valence-corrected chi connectivity index (χ1v) is 6.82. The maximum atomic E-state index is 11.4. The van der Waals surface area contributed by atoms with E-state index in [1.54, 1.807) is 39.2 Å². The van der Waals surface area contributed by atoms with E-state index in [-0.39, 0.29) is 11.4 Å². The number of hydrogen-bond donors (Lipinski definition) is 1. The summed E-state index contributed by atoms with van der Waals surface area (Å²) in [5, 5.41) is 17.1. The Balaban J connectivity index is 2.45. The lowest BCUT2D eigenvalue weighted by atomic mass is 10.1. The number of nitrogens with zero attached hydrogens (tertiary/aromatic N) is 2. The van der Waals surface area contributed by atoms with Gasteiger partial charge in [-0.1, -0.05) is 0 Å². The van der Waals surface area contributed by atoms with Crippen LogP contribution in [-0.4, -0.2) is 28.4 Å². The molecular weight excluding hydrogens is 340 g/mol. The van der Waals surface area contributed by atoms with Crippen molar-refractivity contribution in [3.63, 3.8) is 0 Å². The third-order valence-corrected chi connectivity index (χ3v) is 3.60. The molecule has 0 unspecified atom stereocenters. The Bertz CT molecular complexity index is 704. The molecule has 1 aromatic heterocycles. The molecule has 1 heterocycles. The molecule has 110 valence electrons. The number of carboxylic acid groups (broad SMARTS) is 1. The predicted octanol–water partition coefficient (Wildman–Crippen LogP) is 3.36. The van der Waals surface area contributed by atoms with Crippen LogP contribution in [0, 0.1) is 13.8 Å². The number of halogens is 1. The first-order valence-electron chi connectivity index (χ1n) is 6.02. The topological polar surface area (TPSA) is 81.5 Å². The highest BCUT2D eigenvalue weighted by molar-refractivity contribution is 9.10. The van der Waals surface area contributed by atoms with Gasteiger partial charge in [0, 0.05) is 0 Å². The van der Waals surface area contributed by atoms with Gasteiger partial charge >= 0.3 is 5.97 Å². The van der Waals surface area contributed by atoms with Gasteiger partial charge in [-0.3, -0.25) is 0 Å². The van der Waals surface area contributed by atoms with Crippen LogP contribution in [0.3, 0.4) is 0 Å². The van der Waals surface area contributed by atoms with E-state index in [1.807, 2.05) is 0 Å². The molecule has 1 N–H and O–H groups in total. The highest BCUT2D eigenvalue weighted by Gasteiger charge is 2.20. The standard InChI is InChI=1S/C14H13BrN2O4/c1-7-8(2)16-17-13(12(7)14(18)19)21-11-5-4-9(20-3)6-10(11)15/h4-6H,1-3H3,(H,18,19). The van der Waals surface area contributed by atoms with E-state index >= 15 is 0 Å². The SMILES string of the molecule is COc1ccc(Oc2nnc(C)c(C)c2C(=O)O)c(Br)c1. The lowest BCUT2D eigenvalue weighted by molar-refractivity contribution is 0.0692. The van der Waals surface area contributed by atoms with Gasteiger partial charge in [0.15, 0.2) is 0 Å². The third-order valence-electron chi connectivity index (χ3n) is 2.98. The summed E-state index contributed by atoms with van der Waals surface area (Å²) in [6, 6.07) is 5.07. The van der Waals surface area contributed by atoms with Crippen molar-refractivity contribution in [2.24, 2.45) is 0 Å². The molecule has 0 aliphatic heterocycles. The highest BCUT2D eigenvalue weighted by Crippen LogP contribution is 2.33. The van der Waals surface area contributed by atoms with Crippen LogP contribution in [0.15, 0.2) is 22.7 Å². The van der Waals surface area contributed by atoms with Crippen molar-refractivity contribution in [3.8, 4) is 17.4 Å². The minimum Gasteiger partial charge on any atom is -0.497 e. The first-order chi connectivity index (χ1) is 9.93. The number of methoxy groups -OCH3 is 1. The molecule has 6 nitrogen and oxygen atoms in total. The number of ether oxygens (including phenoxy) is 2. The van der Waals surface area contributed by atoms with Gasteiger partial charge in [0.25, 0.3) is 5.88 Å². The summed E-state index contributed by atoms with van der Waals surface area (Å²) in [7, 11) is 1.56. The van der Waals surface area contributed by atoms with Gasteiger partial charge in [0.1, 0.15) is 17.1 Å². The fraction of sp³-hybridized carbons (Fsp3) is 0.214. The molecule has 0 spiro atoms. The normalized spacial score (nSPS) is 10.3. The van der Waals surface area contributed by atoms with E-state index in [9.17, 15) is 9.90 Å². The van der Waals surface area contributed by atoms with Crippen molar-refractivity contribution in [3.05, 3.63) is 39.5 Å². The number of aromatic nitrogens is 2. The van der Waals surface area contributed by atoms with E-state index in [0.29, 0.717) is 27.2 Å². The summed E-state index contributed by atoms with van der Waals surface area (Å²) >= 11 is 3.34. The largest absolute Gasteiger partial charge is 0.497 e. The molecule has 0 aliphatic carbocycles. The quantitative estimate of drug-likeness (QED) is 0.908. The van der Waals surface area contributed by atoms with Crippen LogP contribution in [0.2, 0.25) is 0 Å².